The molecule has 1 atom stereocenters. The van der Waals surface area contributed by atoms with Crippen molar-refractivity contribution in [2.24, 2.45) is 11.8 Å². The molecule has 72 valence electrons. The Morgan fingerprint density at radius 1 is 1.42 bits per heavy atom. The van der Waals surface area contributed by atoms with Crippen LogP contribution in [-0.2, 0) is 0 Å². The van der Waals surface area contributed by atoms with Crippen molar-refractivity contribution in [1.82, 2.24) is 5.32 Å². The maximum absolute atomic E-state index is 9.07. The van der Waals surface area contributed by atoms with Crippen molar-refractivity contribution >= 4 is 0 Å². The molecule has 12 heavy (non-hydrogen) atoms. The summed E-state index contributed by atoms with van der Waals surface area (Å²) in [5.41, 5.74) is 0. The molecule has 1 aliphatic rings. The molecule has 1 rings (SSSR count). The Labute approximate surface area is 75.4 Å². The monoisotopic (exact) mass is 171 g/mol. The van der Waals surface area contributed by atoms with Crippen molar-refractivity contribution < 1.29 is 5.11 Å². The lowest BCUT2D eigenvalue weighted by Crippen LogP contribution is -2.21. The summed E-state index contributed by atoms with van der Waals surface area (Å²) in [5.74, 6) is 1.42. The van der Waals surface area contributed by atoms with E-state index in [-0.39, 0.29) is 0 Å². The second-order valence-corrected chi connectivity index (χ2v) is 3.82. The van der Waals surface area contributed by atoms with Crippen LogP contribution in [0.4, 0.5) is 0 Å². The molecule has 1 unspecified atom stereocenters. The Kier molecular flexibility index (Phi) is 4.62. The first-order chi connectivity index (χ1) is 5.88. The fourth-order valence-electron chi connectivity index (χ4n) is 1.63. The largest absolute Gasteiger partial charge is 0.396 e. The van der Waals surface area contributed by atoms with E-state index in [4.69, 9.17) is 5.11 Å². The fraction of sp³-hybridized carbons (Fsp3) is 1.00. The summed E-state index contributed by atoms with van der Waals surface area (Å²) >= 11 is 0. The van der Waals surface area contributed by atoms with Crippen molar-refractivity contribution in [2.45, 2.75) is 32.6 Å². The SMILES string of the molecule is CCCNCCC(CO)C1CC1. The maximum atomic E-state index is 9.07. The number of aliphatic hydroxyl groups is 1. The van der Waals surface area contributed by atoms with Crippen molar-refractivity contribution in [2.75, 3.05) is 19.7 Å². The van der Waals surface area contributed by atoms with Gasteiger partial charge in [0.05, 0.1) is 0 Å². The van der Waals surface area contributed by atoms with Gasteiger partial charge in [0.1, 0.15) is 0 Å². The van der Waals surface area contributed by atoms with Gasteiger partial charge in [-0.3, -0.25) is 0 Å². The predicted molar refractivity (Wildman–Crippen MR) is 51.1 cm³/mol. The molecule has 0 amide bonds. The molecular weight excluding hydrogens is 150 g/mol. The van der Waals surface area contributed by atoms with Crippen LogP contribution in [0.1, 0.15) is 32.6 Å². The number of aliphatic hydroxyl groups excluding tert-OH is 1. The van der Waals surface area contributed by atoms with Crippen LogP contribution < -0.4 is 5.32 Å². The zero-order valence-electron chi connectivity index (χ0n) is 8.05. The molecule has 0 bridgehead atoms. The van der Waals surface area contributed by atoms with Crippen LogP contribution in [0.15, 0.2) is 0 Å². The van der Waals surface area contributed by atoms with E-state index in [0.29, 0.717) is 12.5 Å². The van der Waals surface area contributed by atoms with Gasteiger partial charge in [0, 0.05) is 6.61 Å². The van der Waals surface area contributed by atoms with E-state index in [1.54, 1.807) is 0 Å². The van der Waals surface area contributed by atoms with E-state index in [0.717, 1.165) is 25.4 Å². The summed E-state index contributed by atoms with van der Waals surface area (Å²) in [7, 11) is 0. The minimum absolute atomic E-state index is 0.387. The number of rotatable bonds is 7. The Morgan fingerprint density at radius 3 is 2.67 bits per heavy atom. The third-order valence-corrected chi connectivity index (χ3v) is 2.64. The van der Waals surface area contributed by atoms with Gasteiger partial charge in [0.15, 0.2) is 0 Å². The van der Waals surface area contributed by atoms with Crippen molar-refractivity contribution in [3.8, 4) is 0 Å². The van der Waals surface area contributed by atoms with E-state index >= 15 is 0 Å². The Morgan fingerprint density at radius 2 is 2.17 bits per heavy atom. The molecular formula is C10H21NO. The van der Waals surface area contributed by atoms with Gasteiger partial charge in [-0.1, -0.05) is 6.92 Å². The van der Waals surface area contributed by atoms with Crippen LogP contribution in [0.2, 0.25) is 0 Å². The minimum atomic E-state index is 0.387. The van der Waals surface area contributed by atoms with Gasteiger partial charge >= 0.3 is 0 Å². The van der Waals surface area contributed by atoms with Gasteiger partial charge in [-0.05, 0) is 50.6 Å². The molecule has 0 radical (unpaired) electrons. The van der Waals surface area contributed by atoms with Crippen LogP contribution in [-0.4, -0.2) is 24.8 Å². The predicted octanol–water partition coefficient (Wildman–Crippen LogP) is 1.39. The molecule has 1 aliphatic carbocycles. The highest BCUT2D eigenvalue weighted by Crippen LogP contribution is 2.37. The summed E-state index contributed by atoms with van der Waals surface area (Å²) < 4.78 is 0. The highest BCUT2D eigenvalue weighted by Gasteiger charge is 2.29. The molecule has 0 aromatic carbocycles. The van der Waals surface area contributed by atoms with Gasteiger partial charge in [0.2, 0.25) is 0 Å². The lowest BCUT2D eigenvalue weighted by Gasteiger charge is -2.12. The molecule has 0 spiro atoms. The first-order valence-electron chi connectivity index (χ1n) is 5.20. The van der Waals surface area contributed by atoms with Crippen LogP contribution in [0.5, 0.6) is 0 Å². The molecule has 0 aromatic heterocycles. The second kappa shape index (κ2) is 5.55. The van der Waals surface area contributed by atoms with Crippen molar-refractivity contribution in [3.63, 3.8) is 0 Å². The van der Waals surface area contributed by atoms with E-state index in [2.05, 4.69) is 12.2 Å². The Bertz CT molecular complexity index is 112. The van der Waals surface area contributed by atoms with Gasteiger partial charge in [0.25, 0.3) is 0 Å². The highest BCUT2D eigenvalue weighted by molar-refractivity contribution is 4.81. The second-order valence-electron chi connectivity index (χ2n) is 3.82. The quantitative estimate of drug-likeness (QED) is 0.567. The van der Waals surface area contributed by atoms with E-state index in [1.807, 2.05) is 0 Å². The molecule has 1 saturated carbocycles. The number of hydrogen-bond acceptors (Lipinski definition) is 2. The summed E-state index contributed by atoms with van der Waals surface area (Å²) in [6.45, 7) is 4.76. The Balaban J connectivity index is 1.95. The van der Waals surface area contributed by atoms with Gasteiger partial charge in [-0.15, -0.1) is 0 Å². The first-order valence-corrected chi connectivity index (χ1v) is 5.20. The fourth-order valence-corrected chi connectivity index (χ4v) is 1.63. The number of nitrogens with one attached hydrogen (secondary N) is 1. The van der Waals surface area contributed by atoms with Gasteiger partial charge < -0.3 is 10.4 Å². The van der Waals surface area contributed by atoms with Crippen LogP contribution in [0.25, 0.3) is 0 Å². The molecule has 2 nitrogen and oxygen atoms in total. The minimum Gasteiger partial charge on any atom is -0.396 e. The number of hydrogen-bond donors (Lipinski definition) is 2. The van der Waals surface area contributed by atoms with Crippen LogP contribution in [0, 0.1) is 11.8 Å². The molecule has 2 N–H and O–H groups in total. The van der Waals surface area contributed by atoms with E-state index in [9.17, 15) is 0 Å². The average molecular weight is 171 g/mol. The Hall–Kier alpha value is -0.0800. The molecule has 0 aliphatic heterocycles. The van der Waals surface area contributed by atoms with Crippen LogP contribution in [0.3, 0.4) is 0 Å². The normalized spacial score (nSPS) is 19.5. The molecule has 0 heterocycles. The standard InChI is InChI=1S/C10H21NO/c1-2-6-11-7-5-10(8-12)9-3-4-9/h9-12H,2-8H2,1H3. The molecule has 1 fully saturated rings. The average Bonchev–Trinajstić information content (AvgIpc) is 2.88. The van der Waals surface area contributed by atoms with Crippen molar-refractivity contribution in [3.05, 3.63) is 0 Å². The zero-order chi connectivity index (χ0) is 8.81. The van der Waals surface area contributed by atoms with E-state index in [1.165, 1.54) is 19.3 Å². The summed E-state index contributed by atoms with van der Waals surface area (Å²) in [6.07, 6.45) is 5.05. The summed E-state index contributed by atoms with van der Waals surface area (Å²) in [4.78, 5) is 0. The van der Waals surface area contributed by atoms with E-state index < -0.39 is 0 Å². The van der Waals surface area contributed by atoms with Gasteiger partial charge in [-0.2, -0.15) is 0 Å². The van der Waals surface area contributed by atoms with Crippen molar-refractivity contribution in [1.29, 1.82) is 0 Å². The lowest BCUT2D eigenvalue weighted by atomic mass is 10.0. The topological polar surface area (TPSA) is 32.3 Å². The first kappa shape index (κ1) is 10.0. The molecule has 0 saturated heterocycles. The van der Waals surface area contributed by atoms with Crippen LogP contribution >= 0.6 is 0 Å². The molecule has 0 aromatic rings. The highest BCUT2D eigenvalue weighted by atomic mass is 16.3. The third kappa shape index (κ3) is 3.55. The van der Waals surface area contributed by atoms with Gasteiger partial charge in [-0.25, -0.2) is 0 Å². The summed E-state index contributed by atoms with van der Waals surface area (Å²) in [5, 5.41) is 12.4. The smallest absolute Gasteiger partial charge is 0.0462 e. The lowest BCUT2D eigenvalue weighted by molar-refractivity contribution is 0.201. The molecule has 2 heteroatoms. The zero-order valence-corrected chi connectivity index (χ0v) is 8.05. The maximum Gasteiger partial charge on any atom is 0.0462 e. The third-order valence-electron chi connectivity index (χ3n) is 2.64. The summed E-state index contributed by atoms with van der Waals surface area (Å²) in [6, 6.07) is 0.